The van der Waals surface area contributed by atoms with E-state index < -0.39 is 10.0 Å². The van der Waals surface area contributed by atoms with Crippen LogP contribution in [-0.4, -0.2) is 27.4 Å². The second kappa shape index (κ2) is 7.81. The van der Waals surface area contributed by atoms with Gasteiger partial charge in [-0.3, -0.25) is 4.79 Å². The minimum absolute atomic E-state index is 0.0820. The van der Waals surface area contributed by atoms with Crippen LogP contribution in [0, 0.1) is 0 Å². The van der Waals surface area contributed by atoms with Crippen LogP contribution in [0.5, 0.6) is 0 Å². The first-order valence-corrected chi connectivity index (χ1v) is 7.85. The zero-order valence-electron chi connectivity index (χ0n) is 11.5. The predicted octanol–water partition coefficient (Wildman–Crippen LogP) is 2.11. The second-order valence-corrected chi connectivity index (χ2v) is 5.86. The van der Waals surface area contributed by atoms with E-state index in [1.165, 1.54) is 18.4 Å². The third kappa shape index (κ3) is 4.79. The lowest BCUT2D eigenvalue weighted by atomic mass is 10.1. The van der Waals surface area contributed by atoms with Gasteiger partial charge in [-0.05, 0) is 18.6 Å². The number of hydrogen-bond donors (Lipinski definition) is 1. The van der Waals surface area contributed by atoms with Gasteiger partial charge in [-0.25, -0.2) is 13.1 Å². The fourth-order valence-electron chi connectivity index (χ4n) is 1.57. The van der Waals surface area contributed by atoms with Gasteiger partial charge in [0.1, 0.15) is 0 Å². The molecule has 0 aliphatic heterocycles. The summed E-state index contributed by atoms with van der Waals surface area (Å²) in [5.41, 5.74) is 0.408. The molecule has 0 atom stereocenters. The van der Waals surface area contributed by atoms with Gasteiger partial charge in [-0.2, -0.15) is 0 Å². The molecule has 1 rings (SSSR count). The third-order valence-electron chi connectivity index (χ3n) is 2.64. The molecule has 0 aromatic heterocycles. The van der Waals surface area contributed by atoms with Gasteiger partial charge in [-0.1, -0.05) is 25.6 Å². The standard InChI is InChI=1S/C14H19NO4S/c1-3-14(16)12-7-5-8-13(11-12)20(17,18)15-9-6-10-19-4-2/h4-5,7-8,11,15H,2-3,6,9-10H2,1H3. The monoisotopic (exact) mass is 297 g/mol. The molecule has 0 saturated carbocycles. The van der Waals surface area contributed by atoms with E-state index in [1.807, 2.05) is 0 Å². The molecule has 0 saturated heterocycles. The van der Waals surface area contributed by atoms with Gasteiger partial charge in [-0.15, -0.1) is 0 Å². The molecule has 1 aromatic carbocycles. The summed E-state index contributed by atoms with van der Waals surface area (Å²) in [6, 6.07) is 6.05. The highest BCUT2D eigenvalue weighted by Crippen LogP contribution is 2.13. The van der Waals surface area contributed by atoms with Crippen molar-refractivity contribution in [1.82, 2.24) is 4.72 Å². The fraction of sp³-hybridized carbons (Fsp3) is 0.357. The van der Waals surface area contributed by atoms with Crippen LogP contribution in [0.25, 0.3) is 0 Å². The highest BCUT2D eigenvalue weighted by atomic mass is 32.2. The van der Waals surface area contributed by atoms with Crippen molar-refractivity contribution >= 4 is 15.8 Å². The van der Waals surface area contributed by atoms with Gasteiger partial charge in [0.2, 0.25) is 10.0 Å². The van der Waals surface area contributed by atoms with Crippen molar-refractivity contribution < 1.29 is 17.9 Å². The summed E-state index contributed by atoms with van der Waals surface area (Å²) in [4.78, 5) is 11.7. The van der Waals surface area contributed by atoms with Crippen molar-refractivity contribution in [3.8, 4) is 0 Å². The molecule has 110 valence electrons. The van der Waals surface area contributed by atoms with Crippen LogP contribution in [0.4, 0.5) is 0 Å². The van der Waals surface area contributed by atoms with Crippen molar-refractivity contribution in [3.63, 3.8) is 0 Å². The Balaban J connectivity index is 2.72. The van der Waals surface area contributed by atoms with Gasteiger partial charge in [0.25, 0.3) is 0 Å². The average Bonchev–Trinajstić information content (AvgIpc) is 2.46. The van der Waals surface area contributed by atoms with Gasteiger partial charge in [0.05, 0.1) is 17.8 Å². The molecule has 20 heavy (non-hydrogen) atoms. The molecule has 0 radical (unpaired) electrons. The summed E-state index contributed by atoms with van der Waals surface area (Å²) in [5.74, 6) is -0.0820. The largest absolute Gasteiger partial charge is 0.502 e. The SMILES string of the molecule is C=COCCCNS(=O)(=O)c1cccc(C(=O)CC)c1. The van der Waals surface area contributed by atoms with E-state index in [-0.39, 0.29) is 17.2 Å². The average molecular weight is 297 g/mol. The van der Waals surface area contributed by atoms with E-state index in [0.29, 0.717) is 25.0 Å². The number of ketones is 1. The Hall–Kier alpha value is -1.66. The van der Waals surface area contributed by atoms with Crippen LogP contribution in [-0.2, 0) is 14.8 Å². The van der Waals surface area contributed by atoms with Crippen LogP contribution in [0.15, 0.2) is 42.0 Å². The lowest BCUT2D eigenvalue weighted by Crippen LogP contribution is -2.25. The molecule has 6 heteroatoms. The number of benzene rings is 1. The Labute approximate surface area is 119 Å². The zero-order valence-corrected chi connectivity index (χ0v) is 12.3. The molecule has 0 spiro atoms. The molecule has 1 N–H and O–H groups in total. The van der Waals surface area contributed by atoms with Crippen molar-refractivity contribution in [2.45, 2.75) is 24.7 Å². The molecule has 5 nitrogen and oxygen atoms in total. The molecular weight excluding hydrogens is 278 g/mol. The van der Waals surface area contributed by atoms with Gasteiger partial charge in [0.15, 0.2) is 5.78 Å². The smallest absolute Gasteiger partial charge is 0.240 e. The van der Waals surface area contributed by atoms with E-state index in [1.54, 1.807) is 19.1 Å². The number of hydrogen-bond acceptors (Lipinski definition) is 4. The van der Waals surface area contributed by atoms with Gasteiger partial charge >= 0.3 is 0 Å². The first kappa shape index (κ1) is 16.4. The number of ether oxygens (including phenoxy) is 1. The predicted molar refractivity (Wildman–Crippen MR) is 77.0 cm³/mol. The minimum atomic E-state index is -3.60. The Morgan fingerprint density at radius 1 is 1.45 bits per heavy atom. The first-order chi connectivity index (χ1) is 9.51. The molecule has 1 aromatic rings. The second-order valence-electron chi connectivity index (χ2n) is 4.09. The van der Waals surface area contributed by atoms with Gasteiger partial charge in [0, 0.05) is 18.5 Å². The summed E-state index contributed by atoms with van der Waals surface area (Å²) >= 11 is 0. The summed E-state index contributed by atoms with van der Waals surface area (Å²) in [6.45, 7) is 5.80. The van der Waals surface area contributed by atoms with Gasteiger partial charge < -0.3 is 4.74 Å². The third-order valence-corrected chi connectivity index (χ3v) is 4.10. The van der Waals surface area contributed by atoms with Crippen LogP contribution in [0.3, 0.4) is 0 Å². The molecule has 0 unspecified atom stereocenters. The number of Topliss-reactive ketones (excluding diaryl/α,β-unsaturated/α-hetero) is 1. The van der Waals surface area contributed by atoms with Crippen molar-refractivity contribution in [1.29, 1.82) is 0 Å². The topological polar surface area (TPSA) is 72.5 Å². The quantitative estimate of drug-likeness (QED) is 0.430. The van der Waals surface area contributed by atoms with E-state index >= 15 is 0 Å². The van der Waals surface area contributed by atoms with Crippen LogP contribution >= 0.6 is 0 Å². The molecule has 0 bridgehead atoms. The van der Waals surface area contributed by atoms with Crippen LogP contribution in [0.2, 0.25) is 0 Å². The maximum atomic E-state index is 12.0. The molecular formula is C14H19NO4S. The minimum Gasteiger partial charge on any atom is -0.502 e. The van der Waals surface area contributed by atoms with Crippen molar-refractivity contribution in [3.05, 3.63) is 42.7 Å². The fourth-order valence-corrected chi connectivity index (χ4v) is 2.69. The first-order valence-electron chi connectivity index (χ1n) is 6.36. The summed E-state index contributed by atoms with van der Waals surface area (Å²) < 4.78 is 31.5. The Bertz CT molecular complexity index is 566. The lowest BCUT2D eigenvalue weighted by Gasteiger charge is -2.08. The van der Waals surface area contributed by atoms with E-state index in [9.17, 15) is 13.2 Å². The maximum absolute atomic E-state index is 12.0. The lowest BCUT2D eigenvalue weighted by molar-refractivity contribution is 0.0988. The molecule has 0 aliphatic rings. The maximum Gasteiger partial charge on any atom is 0.240 e. The zero-order chi connectivity index (χ0) is 15.0. The highest BCUT2D eigenvalue weighted by molar-refractivity contribution is 7.89. The molecule has 0 aliphatic carbocycles. The number of carbonyl (C=O) groups excluding carboxylic acids is 1. The Morgan fingerprint density at radius 2 is 2.20 bits per heavy atom. The Kier molecular flexibility index (Phi) is 6.41. The normalized spacial score (nSPS) is 11.1. The number of carbonyl (C=O) groups is 1. The van der Waals surface area contributed by atoms with Crippen LogP contribution < -0.4 is 4.72 Å². The number of sulfonamides is 1. The molecule has 0 fully saturated rings. The van der Waals surface area contributed by atoms with Crippen molar-refractivity contribution in [2.75, 3.05) is 13.2 Å². The van der Waals surface area contributed by atoms with E-state index in [2.05, 4.69) is 11.3 Å². The molecule has 0 amide bonds. The summed E-state index contributed by atoms with van der Waals surface area (Å²) in [7, 11) is -3.60. The van der Waals surface area contributed by atoms with E-state index in [4.69, 9.17) is 4.74 Å². The summed E-state index contributed by atoms with van der Waals surface area (Å²) in [5, 5.41) is 0. The van der Waals surface area contributed by atoms with Crippen LogP contribution in [0.1, 0.15) is 30.1 Å². The molecule has 0 heterocycles. The highest BCUT2D eigenvalue weighted by Gasteiger charge is 2.15. The van der Waals surface area contributed by atoms with E-state index in [0.717, 1.165) is 0 Å². The van der Waals surface area contributed by atoms with Crippen molar-refractivity contribution in [2.24, 2.45) is 0 Å². The summed E-state index contributed by atoms with van der Waals surface area (Å²) in [6.07, 6.45) is 2.20. The number of rotatable bonds is 9. The number of nitrogens with one attached hydrogen (secondary N) is 1. The Morgan fingerprint density at radius 3 is 2.85 bits per heavy atom.